The van der Waals surface area contributed by atoms with Crippen molar-refractivity contribution in [3.05, 3.63) is 35.0 Å². The summed E-state index contributed by atoms with van der Waals surface area (Å²) in [5.41, 5.74) is 1.04. The van der Waals surface area contributed by atoms with Gasteiger partial charge in [-0.3, -0.25) is 4.99 Å². The topological polar surface area (TPSA) is 34.1 Å². The molecule has 1 unspecified atom stereocenters. The zero-order chi connectivity index (χ0) is 13.8. The molecule has 0 saturated heterocycles. The molecule has 0 N–H and O–H groups in total. The molecule has 0 amide bonds. The van der Waals surface area contributed by atoms with Crippen molar-refractivity contribution < 1.29 is 9.47 Å². The van der Waals surface area contributed by atoms with Crippen LogP contribution in [0.3, 0.4) is 0 Å². The van der Waals surface area contributed by atoms with Crippen molar-refractivity contribution in [1.29, 1.82) is 0 Å². The molecule has 4 nitrogen and oxygen atoms in total. The number of rotatable bonds is 4. The third-order valence-electron chi connectivity index (χ3n) is 3.07. The highest BCUT2D eigenvalue weighted by Gasteiger charge is 2.19. The van der Waals surface area contributed by atoms with Crippen LogP contribution >= 0.6 is 11.6 Å². The monoisotopic (exact) mass is 280 g/mol. The lowest BCUT2D eigenvalue weighted by Gasteiger charge is -2.30. The Morgan fingerprint density at radius 3 is 2.74 bits per heavy atom. The molecule has 1 aliphatic heterocycles. The molecule has 0 spiro atoms. The zero-order valence-electron chi connectivity index (χ0n) is 11.3. The van der Waals surface area contributed by atoms with Gasteiger partial charge in [0.15, 0.2) is 0 Å². The van der Waals surface area contributed by atoms with Crippen LogP contribution in [0, 0.1) is 0 Å². The third kappa shape index (κ3) is 3.01. The highest BCUT2D eigenvalue weighted by atomic mass is 35.5. The van der Waals surface area contributed by atoms with E-state index >= 15 is 0 Å². The summed E-state index contributed by atoms with van der Waals surface area (Å²) in [6.45, 7) is 2.64. The Labute approximate surface area is 118 Å². The van der Waals surface area contributed by atoms with Gasteiger partial charge in [0.25, 0.3) is 0 Å². The quantitative estimate of drug-likeness (QED) is 0.795. The van der Waals surface area contributed by atoms with Crippen LogP contribution < -0.4 is 9.47 Å². The van der Waals surface area contributed by atoms with Crippen LogP contribution in [0.2, 0.25) is 0 Å². The maximum absolute atomic E-state index is 6.21. The van der Waals surface area contributed by atoms with Gasteiger partial charge >= 0.3 is 0 Å². The van der Waals surface area contributed by atoms with E-state index in [1.54, 1.807) is 26.5 Å². The second-order valence-corrected chi connectivity index (χ2v) is 4.61. The zero-order valence-corrected chi connectivity index (χ0v) is 12.0. The minimum absolute atomic E-state index is 0.0179. The second kappa shape index (κ2) is 5.97. The normalized spacial score (nSPS) is 18.2. The smallest absolute Gasteiger partial charge is 0.127 e. The first kappa shape index (κ1) is 13.7. The molecular weight excluding hydrogens is 264 g/mol. The first-order chi connectivity index (χ1) is 9.15. The first-order valence-corrected chi connectivity index (χ1v) is 6.40. The molecule has 1 heterocycles. The molecule has 0 bridgehead atoms. The summed E-state index contributed by atoms with van der Waals surface area (Å²) in [4.78, 5) is 6.33. The van der Waals surface area contributed by atoms with Gasteiger partial charge in [0, 0.05) is 24.4 Å². The third-order valence-corrected chi connectivity index (χ3v) is 3.42. The van der Waals surface area contributed by atoms with Crippen LogP contribution in [0.5, 0.6) is 11.5 Å². The summed E-state index contributed by atoms with van der Waals surface area (Å²) >= 11 is 6.21. The van der Waals surface area contributed by atoms with E-state index in [4.69, 9.17) is 21.1 Å². The van der Waals surface area contributed by atoms with Crippen LogP contribution in [0.1, 0.15) is 12.5 Å². The van der Waals surface area contributed by atoms with Gasteiger partial charge in [-0.15, -0.1) is 0 Å². The van der Waals surface area contributed by atoms with Crippen LogP contribution in [0.25, 0.3) is 0 Å². The van der Waals surface area contributed by atoms with Crippen LogP contribution in [-0.4, -0.2) is 31.5 Å². The minimum atomic E-state index is 0.0179. The lowest BCUT2D eigenvalue weighted by atomic mass is 10.1. The summed E-state index contributed by atoms with van der Waals surface area (Å²) in [7, 11) is 3.28. The van der Waals surface area contributed by atoms with Crippen molar-refractivity contribution in [2.75, 3.05) is 14.2 Å². The van der Waals surface area contributed by atoms with E-state index in [2.05, 4.69) is 4.99 Å². The Bertz CT molecular complexity index is 514. The lowest BCUT2D eigenvalue weighted by molar-refractivity contribution is 0.276. The second-order valence-electron chi connectivity index (χ2n) is 4.23. The SMILES string of the molecule is COc1ccc(CN2C(Cl)=CC=NC2C)c(OC)c1. The number of hydrogen-bond donors (Lipinski definition) is 0. The summed E-state index contributed by atoms with van der Waals surface area (Å²) in [6.07, 6.45) is 3.54. The largest absolute Gasteiger partial charge is 0.497 e. The van der Waals surface area contributed by atoms with E-state index in [1.165, 1.54) is 0 Å². The van der Waals surface area contributed by atoms with Crippen molar-refractivity contribution in [3.8, 4) is 11.5 Å². The molecule has 19 heavy (non-hydrogen) atoms. The Morgan fingerprint density at radius 1 is 1.32 bits per heavy atom. The summed E-state index contributed by atoms with van der Waals surface area (Å²) in [5.74, 6) is 1.55. The highest BCUT2D eigenvalue weighted by molar-refractivity contribution is 6.30. The molecule has 0 radical (unpaired) electrons. The first-order valence-electron chi connectivity index (χ1n) is 6.02. The van der Waals surface area contributed by atoms with Gasteiger partial charge in [-0.25, -0.2) is 0 Å². The molecule has 0 aromatic heterocycles. The fourth-order valence-corrected chi connectivity index (χ4v) is 2.21. The van der Waals surface area contributed by atoms with Crippen molar-refractivity contribution >= 4 is 17.8 Å². The fourth-order valence-electron chi connectivity index (χ4n) is 1.96. The molecule has 1 aromatic rings. The fraction of sp³-hybridized carbons (Fsp3) is 0.357. The number of ether oxygens (including phenoxy) is 2. The summed E-state index contributed by atoms with van der Waals surface area (Å²) in [6, 6.07) is 5.76. The van der Waals surface area contributed by atoms with Gasteiger partial charge in [-0.05, 0) is 25.1 Å². The highest BCUT2D eigenvalue weighted by Crippen LogP contribution is 2.29. The number of benzene rings is 1. The predicted octanol–water partition coefficient (Wildman–Crippen LogP) is 3.02. The standard InChI is InChI=1S/C14H17ClN2O2/c1-10-16-7-6-14(15)17(10)9-11-4-5-12(18-2)8-13(11)19-3/h4-8,10H,9H2,1-3H3. The van der Waals surface area contributed by atoms with Crippen molar-refractivity contribution in [2.24, 2.45) is 4.99 Å². The van der Waals surface area contributed by atoms with Crippen molar-refractivity contribution in [1.82, 2.24) is 4.90 Å². The van der Waals surface area contributed by atoms with E-state index in [0.717, 1.165) is 17.1 Å². The van der Waals surface area contributed by atoms with E-state index in [0.29, 0.717) is 11.7 Å². The van der Waals surface area contributed by atoms with Crippen molar-refractivity contribution in [3.63, 3.8) is 0 Å². The Hall–Kier alpha value is -1.68. The van der Waals surface area contributed by atoms with Gasteiger partial charge < -0.3 is 14.4 Å². The summed E-state index contributed by atoms with van der Waals surface area (Å²) in [5, 5.41) is 0.681. The van der Waals surface area contributed by atoms with E-state index in [-0.39, 0.29) is 6.17 Å². The van der Waals surface area contributed by atoms with Crippen LogP contribution in [0.15, 0.2) is 34.4 Å². The van der Waals surface area contributed by atoms with Crippen LogP contribution in [0.4, 0.5) is 0 Å². The number of hydrogen-bond acceptors (Lipinski definition) is 4. The maximum atomic E-state index is 6.21. The van der Waals surface area contributed by atoms with Gasteiger partial charge in [0.2, 0.25) is 0 Å². The molecule has 5 heteroatoms. The number of halogens is 1. The molecule has 0 fully saturated rings. The number of nitrogens with zero attached hydrogens (tertiary/aromatic N) is 2. The molecule has 0 aliphatic carbocycles. The number of methoxy groups -OCH3 is 2. The van der Waals surface area contributed by atoms with Gasteiger partial charge in [0.1, 0.15) is 22.8 Å². The van der Waals surface area contributed by atoms with Gasteiger partial charge in [-0.1, -0.05) is 11.6 Å². The Balaban J connectivity index is 2.23. The average Bonchev–Trinajstić information content (AvgIpc) is 2.43. The maximum Gasteiger partial charge on any atom is 0.127 e. The summed E-state index contributed by atoms with van der Waals surface area (Å²) < 4.78 is 10.6. The molecule has 0 saturated carbocycles. The predicted molar refractivity (Wildman–Crippen MR) is 77.0 cm³/mol. The van der Waals surface area contributed by atoms with Crippen LogP contribution in [-0.2, 0) is 6.54 Å². The minimum Gasteiger partial charge on any atom is -0.497 e. The van der Waals surface area contributed by atoms with E-state index in [9.17, 15) is 0 Å². The van der Waals surface area contributed by atoms with Gasteiger partial charge in [0.05, 0.1) is 14.2 Å². The molecule has 1 atom stereocenters. The van der Waals surface area contributed by atoms with E-state index in [1.807, 2.05) is 30.0 Å². The van der Waals surface area contributed by atoms with Crippen molar-refractivity contribution in [2.45, 2.75) is 19.6 Å². The molecular formula is C14H17ClN2O2. The lowest BCUT2D eigenvalue weighted by Crippen LogP contribution is -2.31. The van der Waals surface area contributed by atoms with E-state index < -0.39 is 0 Å². The number of aliphatic imine (C=N–C) groups is 1. The van der Waals surface area contributed by atoms with Gasteiger partial charge in [-0.2, -0.15) is 0 Å². The molecule has 1 aliphatic rings. The molecule has 1 aromatic carbocycles. The average molecular weight is 281 g/mol. The Kier molecular flexibility index (Phi) is 4.32. The molecule has 2 rings (SSSR count). The molecule has 102 valence electrons. The number of allylic oxidation sites excluding steroid dienone is 1. The Morgan fingerprint density at radius 2 is 2.11 bits per heavy atom.